The summed E-state index contributed by atoms with van der Waals surface area (Å²) in [5.74, 6) is 0.937. The van der Waals surface area contributed by atoms with Gasteiger partial charge in [0.1, 0.15) is 0 Å². The standard InChI is InChI=1S/C15H18N2O/c1-15(2)11-17(10-13-8-9-16-18-13)14(15)12-6-4-3-5-7-12/h3-9,14H,10-11H2,1-2H3. The molecule has 1 unspecified atom stereocenters. The summed E-state index contributed by atoms with van der Waals surface area (Å²) in [5, 5.41) is 3.77. The van der Waals surface area contributed by atoms with Gasteiger partial charge in [-0.15, -0.1) is 0 Å². The number of nitrogens with zero attached hydrogens (tertiary/aromatic N) is 2. The van der Waals surface area contributed by atoms with Crippen molar-refractivity contribution in [1.82, 2.24) is 10.1 Å². The SMILES string of the molecule is CC1(C)CN(Cc2ccno2)C1c1ccccc1. The van der Waals surface area contributed by atoms with Gasteiger partial charge < -0.3 is 4.52 Å². The molecule has 1 aliphatic rings. The van der Waals surface area contributed by atoms with Crippen molar-refractivity contribution in [2.45, 2.75) is 26.4 Å². The normalized spacial score (nSPS) is 22.7. The summed E-state index contributed by atoms with van der Waals surface area (Å²) in [6.45, 7) is 6.57. The first-order chi connectivity index (χ1) is 8.67. The van der Waals surface area contributed by atoms with E-state index in [2.05, 4.69) is 54.2 Å². The van der Waals surface area contributed by atoms with Crippen molar-refractivity contribution in [3.05, 3.63) is 53.9 Å². The van der Waals surface area contributed by atoms with Gasteiger partial charge in [-0.2, -0.15) is 0 Å². The van der Waals surface area contributed by atoms with Gasteiger partial charge in [-0.05, 0) is 11.0 Å². The Balaban J connectivity index is 1.81. The highest BCUT2D eigenvalue weighted by Gasteiger charge is 2.46. The van der Waals surface area contributed by atoms with Gasteiger partial charge in [-0.25, -0.2) is 0 Å². The van der Waals surface area contributed by atoms with E-state index in [4.69, 9.17) is 4.52 Å². The first-order valence-corrected chi connectivity index (χ1v) is 6.35. The van der Waals surface area contributed by atoms with Gasteiger partial charge in [-0.3, -0.25) is 4.90 Å². The monoisotopic (exact) mass is 242 g/mol. The van der Waals surface area contributed by atoms with Crippen molar-refractivity contribution < 1.29 is 4.52 Å². The van der Waals surface area contributed by atoms with Crippen molar-refractivity contribution in [2.24, 2.45) is 5.41 Å². The van der Waals surface area contributed by atoms with E-state index in [-0.39, 0.29) is 0 Å². The minimum atomic E-state index is 0.321. The van der Waals surface area contributed by atoms with Crippen LogP contribution in [-0.4, -0.2) is 16.6 Å². The van der Waals surface area contributed by atoms with Crippen LogP contribution in [0.4, 0.5) is 0 Å². The highest BCUT2D eigenvalue weighted by atomic mass is 16.5. The van der Waals surface area contributed by atoms with E-state index >= 15 is 0 Å². The molecule has 1 saturated heterocycles. The van der Waals surface area contributed by atoms with Gasteiger partial charge in [0.15, 0.2) is 5.76 Å². The van der Waals surface area contributed by atoms with Crippen molar-refractivity contribution >= 4 is 0 Å². The molecule has 1 aromatic carbocycles. The Morgan fingerprint density at radius 3 is 2.67 bits per heavy atom. The first-order valence-electron chi connectivity index (χ1n) is 6.35. The molecule has 2 heterocycles. The van der Waals surface area contributed by atoms with E-state index in [1.165, 1.54) is 5.56 Å². The molecule has 0 bridgehead atoms. The molecule has 3 nitrogen and oxygen atoms in total. The fourth-order valence-electron chi connectivity index (χ4n) is 3.05. The molecule has 0 amide bonds. The Kier molecular flexibility index (Phi) is 2.71. The van der Waals surface area contributed by atoms with Crippen LogP contribution in [0.3, 0.4) is 0 Å². The molecule has 1 atom stereocenters. The first kappa shape index (κ1) is 11.5. The van der Waals surface area contributed by atoms with Gasteiger partial charge in [0.25, 0.3) is 0 Å². The summed E-state index contributed by atoms with van der Waals surface area (Å²) in [4.78, 5) is 2.44. The number of benzene rings is 1. The molecule has 0 radical (unpaired) electrons. The number of aromatic nitrogens is 1. The summed E-state index contributed by atoms with van der Waals surface area (Å²) >= 11 is 0. The molecule has 3 heteroatoms. The van der Waals surface area contributed by atoms with Crippen molar-refractivity contribution in [3.8, 4) is 0 Å². The maximum absolute atomic E-state index is 5.20. The summed E-state index contributed by atoms with van der Waals surface area (Å²) in [7, 11) is 0. The van der Waals surface area contributed by atoms with Crippen LogP contribution in [0.15, 0.2) is 47.1 Å². The molecule has 0 N–H and O–H groups in total. The molecule has 1 aromatic heterocycles. The zero-order valence-corrected chi connectivity index (χ0v) is 10.8. The summed E-state index contributed by atoms with van der Waals surface area (Å²) in [6, 6.07) is 13.1. The molecule has 2 aromatic rings. The molecule has 0 aliphatic carbocycles. The van der Waals surface area contributed by atoms with Gasteiger partial charge in [0, 0.05) is 18.7 Å². The average Bonchev–Trinajstić information content (AvgIpc) is 2.82. The Bertz CT molecular complexity index is 505. The molecule has 1 fully saturated rings. The second kappa shape index (κ2) is 4.25. The van der Waals surface area contributed by atoms with Crippen LogP contribution in [0.1, 0.15) is 31.2 Å². The van der Waals surface area contributed by atoms with E-state index in [0.29, 0.717) is 11.5 Å². The van der Waals surface area contributed by atoms with Crippen LogP contribution >= 0.6 is 0 Å². The number of rotatable bonds is 3. The van der Waals surface area contributed by atoms with Gasteiger partial charge in [0.05, 0.1) is 12.7 Å². The predicted molar refractivity (Wildman–Crippen MR) is 69.9 cm³/mol. The second-order valence-corrected chi connectivity index (χ2v) is 5.69. The quantitative estimate of drug-likeness (QED) is 0.827. The Hall–Kier alpha value is -1.61. The lowest BCUT2D eigenvalue weighted by molar-refractivity contribution is -0.0631. The topological polar surface area (TPSA) is 29.3 Å². The van der Waals surface area contributed by atoms with E-state index in [1.54, 1.807) is 6.20 Å². The maximum Gasteiger partial charge on any atom is 0.150 e. The van der Waals surface area contributed by atoms with Crippen LogP contribution in [0, 0.1) is 5.41 Å². The summed E-state index contributed by atoms with van der Waals surface area (Å²) < 4.78 is 5.20. The van der Waals surface area contributed by atoms with E-state index < -0.39 is 0 Å². The van der Waals surface area contributed by atoms with Crippen LogP contribution in [0.2, 0.25) is 0 Å². The van der Waals surface area contributed by atoms with Crippen LogP contribution < -0.4 is 0 Å². The minimum absolute atomic E-state index is 0.321. The lowest BCUT2D eigenvalue weighted by atomic mass is 9.71. The van der Waals surface area contributed by atoms with E-state index in [0.717, 1.165) is 18.8 Å². The summed E-state index contributed by atoms with van der Waals surface area (Å²) in [6.07, 6.45) is 1.71. The molecule has 0 spiro atoms. The Morgan fingerprint density at radius 2 is 2.06 bits per heavy atom. The number of likely N-dealkylation sites (tertiary alicyclic amines) is 1. The third kappa shape index (κ3) is 1.95. The highest BCUT2D eigenvalue weighted by molar-refractivity contribution is 5.24. The van der Waals surface area contributed by atoms with Crippen LogP contribution in [0.25, 0.3) is 0 Å². The largest absolute Gasteiger partial charge is 0.360 e. The molecular formula is C15H18N2O. The highest BCUT2D eigenvalue weighted by Crippen LogP contribution is 2.48. The average molecular weight is 242 g/mol. The molecule has 94 valence electrons. The summed E-state index contributed by atoms with van der Waals surface area (Å²) in [5.41, 5.74) is 1.70. The fourth-order valence-corrected chi connectivity index (χ4v) is 3.05. The molecular weight excluding hydrogens is 224 g/mol. The smallest absolute Gasteiger partial charge is 0.150 e. The molecule has 18 heavy (non-hydrogen) atoms. The second-order valence-electron chi connectivity index (χ2n) is 5.69. The van der Waals surface area contributed by atoms with Crippen molar-refractivity contribution in [3.63, 3.8) is 0 Å². The van der Waals surface area contributed by atoms with Crippen molar-refractivity contribution in [1.29, 1.82) is 0 Å². The lowest BCUT2D eigenvalue weighted by Crippen LogP contribution is -2.54. The number of hydrogen-bond donors (Lipinski definition) is 0. The lowest BCUT2D eigenvalue weighted by Gasteiger charge is -2.54. The van der Waals surface area contributed by atoms with Gasteiger partial charge >= 0.3 is 0 Å². The van der Waals surface area contributed by atoms with E-state index in [1.807, 2.05) is 6.07 Å². The van der Waals surface area contributed by atoms with Gasteiger partial charge in [0.2, 0.25) is 0 Å². The number of hydrogen-bond acceptors (Lipinski definition) is 3. The zero-order valence-electron chi connectivity index (χ0n) is 10.8. The molecule has 1 aliphatic heterocycles. The van der Waals surface area contributed by atoms with Gasteiger partial charge in [-0.1, -0.05) is 49.3 Å². The maximum atomic E-state index is 5.20. The Labute approximate surface area is 107 Å². The Morgan fingerprint density at radius 1 is 1.28 bits per heavy atom. The third-order valence-corrected chi connectivity index (χ3v) is 3.68. The van der Waals surface area contributed by atoms with E-state index in [9.17, 15) is 0 Å². The predicted octanol–water partition coefficient (Wildman–Crippen LogP) is 3.26. The fraction of sp³-hybridized carbons (Fsp3) is 0.400. The molecule has 0 saturated carbocycles. The zero-order chi connectivity index (χ0) is 12.6. The third-order valence-electron chi connectivity index (χ3n) is 3.68. The van der Waals surface area contributed by atoms with Crippen molar-refractivity contribution in [2.75, 3.05) is 6.54 Å². The van der Waals surface area contributed by atoms with Crippen LogP contribution in [0.5, 0.6) is 0 Å². The molecule has 3 rings (SSSR count). The van der Waals surface area contributed by atoms with Crippen LogP contribution in [-0.2, 0) is 6.54 Å². The minimum Gasteiger partial charge on any atom is -0.360 e.